The lowest BCUT2D eigenvalue weighted by atomic mass is 9.78. The molecule has 0 amide bonds. The second-order valence-electron chi connectivity index (χ2n) is 6.35. The van der Waals surface area contributed by atoms with Gasteiger partial charge >= 0.3 is 5.97 Å². The van der Waals surface area contributed by atoms with E-state index in [2.05, 4.69) is 47.9 Å². The maximum Gasteiger partial charge on any atom is 0.355 e. The molecule has 3 rings (SSSR count). The summed E-state index contributed by atoms with van der Waals surface area (Å²) in [5.41, 5.74) is 5.31. The van der Waals surface area contributed by atoms with Crippen molar-refractivity contribution in [3.8, 4) is 0 Å². The number of hydrogen-bond acceptors (Lipinski definition) is 2. The highest BCUT2D eigenvalue weighted by atomic mass is 16.5. The Morgan fingerprint density at radius 1 is 1.12 bits per heavy atom. The fourth-order valence-corrected chi connectivity index (χ4v) is 3.65. The van der Waals surface area contributed by atoms with E-state index in [1.165, 1.54) is 0 Å². The Kier molecular flexibility index (Phi) is 4.57. The third-order valence-corrected chi connectivity index (χ3v) is 4.99. The normalized spacial score (nSPS) is 11.7. The summed E-state index contributed by atoms with van der Waals surface area (Å²) in [6.07, 6.45) is 4.60. The molecule has 0 bridgehead atoms. The van der Waals surface area contributed by atoms with Crippen molar-refractivity contribution in [1.29, 1.82) is 0 Å². The van der Waals surface area contributed by atoms with E-state index in [-0.39, 0.29) is 5.97 Å². The van der Waals surface area contributed by atoms with Crippen molar-refractivity contribution in [2.24, 2.45) is 0 Å². The summed E-state index contributed by atoms with van der Waals surface area (Å²) in [5, 5.41) is 0. The summed E-state index contributed by atoms with van der Waals surface area (Å²) in [6, 6.07) is 8.11. The molecule has 0 aromatic carbocycles. The second-order valence-corrected chi connectivity index (χ2v) is 6.35. The first-order valence-electron chi connectivity index (χ1n) is 8.70. The zero-order valence-electron chi connectivity index (χ0n) is 15.2. The van der Waals surface area contributed by atoms with Crippen molar-refractivity contribution in [2.45, 2.75) is 39.5 Å². The van der Waals surface area contributed by atoms with Crippen molar-refractivity contribution in [1.82, 2.24) is 15.0 Å². The van der Waals surface area contributed by atoms with Gasteiger partial charge in [-0.1, -0.05) is 6.92 Å². The molecule has 0 fully saturated rings. The molecule has 3 N–H and O–H groups in total. The molecule has 3 heterocycles. The summed E-state index contributed by atoms with van der Waals surface area (Å²) in [6.45, 7) is 8.46. The van der Waals surface area contributed by atoms with E-state index < -0.39 is 5.41 Å². The minimum atomic E-state index is -0.453. The Balaban J connectivity index is 2.23. The summed E-state index contributed by atoms with van der Waals surface area (Å²) in [7, 11) is 0. The van der Waals surface area contributed by atoms with E-state index in [9.17, 15) is 4.79 Å². The zero-order chi connectivity index (χ0) is 18.0. The van der Waals surface area contributed by atoms with E-state index >= 15 is 0 Å². The van der Waals surface area contributed by atoms with E-state index in [1.54, 1.807) is 0 Å². The van der Waals surface area contributed by atoms with Gasteiger partial charge in [-0.25, -0.2) is 4.79 Å². The average molecular weight is 339 g/mol. The Bertz CT molecular complexity index is 808. The maximum atomic E-state index is 12.4. The molecule has 5 nitrogen and oxygen atoms in total. The van der Waals surface area contributed by atoms with Crippen LogP contribution in [-0.4, -0.2) is 27.5 Å². The molecule has 0 aliphatic rings. The van der Waals surface area contributed by atoms with Gasteiger partial charge in [0.05, 0.1) is 12.0 Å². The predicted molar refractivity (Wildman–Crippen MR) is 98.0 cm³/mol. The van der Waals surface area contributed by atoms with Crippen LogP contribution in [0, 0.1) is 6.92 Å². The number of nitrogens with one attached hydrogen (secondary N) is 3. The van der Waals surface area contributed by atoms with Gasteiger partial charge in [-0.15, -0.1) is 0 Å². The highest BCUT2D eigenvalue weighted by Crippen LogP contribution is 2.40. The van der Waals surface area contributed by atoms with E-state index in [0.717, 1.165) is 34.6 Å². The van der Waals surface area contributed by atoms with Gasteiger partial charge in [-0.05, 0) is 62.6 Å². The Hall–Kier alpha value is -2.69. The number of ether oxygens (including phenoxy) is 1. The number of aromatic amines is 3. The lowest BCUT2D eigenvalue weighted by molar-refractivity contribution is 0.0518. The lowest BCUT2D eigenvalue weighted by Crippen LogP contribution is -2.28. The standard InChI is InChI=1S/C20H25N3O2/c1-5-14-13(3)18(23-17(14)19(24)25-6-2)20(4,15-9-7-11-21-15)16-10-8-12-22-16/h7-12,21-23H,5-6H2,1-4H3. The van der Waals surface area contributed by atoms with Crippen LogP contribution in [0.3, 0.4) is 0 Å². The number of hydrogen-bond donors (Lipinski definition) is 3. The molecule has 132 valence electrons. The number of aromatic nitrogens is 3. The number of esters is 1. The first kappa shape index (κ1) is 17.1. The Labute approximate surface area is 147 Å². The van der Waals surface area contributed by atoms with E-state index in [0.29, 0.717) is 12.3 Å². The molecule has 25 heavy (non-hydrogen) atoms. The molecule has 0 aliphatic heterocycles. The number of H-pyrrole nitrogens is 3. The smallest absolute Gasteiger partial charge is 0.355 e. The van der Waals surface area contributed by atoms with Gasteiger partial charge in [-0.2, -0.15) is 0 Å². The van der Waals surface area contributed by atoms with Crippen LogP contribution in [0.5, 0.6) is 0 Å². The maximum absolute atomic E-state index is 12.4. The first-order valence-corrected chi connectivity index (χ1v) is 8.70. The van der Waals surface area contributed by atoms with Crippen LogP contribution in [0.25, 0.3) is 0 Å². The summed E-state index contributed by atoms with van der Waals surface area (Å²) >= 11 is 0. The van der Waals surface area contributed by atoms with E-state index in [4.69, 9.17) is 4.74 Å². The molecule has 0 saturated carbocycles. The van der Waals surface area contributed by atoms with Crippen LogP contribution in [-0.2, 0) is 16.6 Å². The lowest BCUT2D eigenvalue weighted by Gasteiger charge is -2.28. The molecule has 0 spiro atoms. The zero-order valence-corrected chi connectivity index (χ0v) is 15.2. The fourth-order valence-electron chi connectivity index (χ4n) is 3.65. The SMILES string of the molecule is CCOC(=O)c1[nH]c(C(C)(c2ccc[nH]2)c2ccc[nH]2)c(C)c1CC. The van der Waals surface area contributed by atoms with Crippen molar-refractivity contribution in [3.05, 3.63) is 70.6 Å². The minimum Gasteiger partial charge on any atom is -0.461 e. The van der Waals surface area contributed by atoms with Gasteiger partial charge in [0.2, 0.25) is 0 Å². The highest BCUT2D eigenvalue weighted by Gasteiger charge is 2.38. The van der Waals surface area contributed by atoms with Crippen molar-refractivity contribution in [3.63, 3.8) is 0 Å². The molecular formula is C20H25N3O2. The quantitative estimate of drug-likeness (QED) is 0.592. The van der Waals surface area contributed by atoms with E-state index in [1.807, 2.05) is 31.5 Å². The molecule has 3 aromatic heterocycles. The van der Waals surface area contributed by atoms with Crippen LogP contribution in [0.4, 0.5) is 0 Å². The Morgan fingerprint density at radius 2 is 1.72 bits per heavy atom. The third-order valence-electron chi connectivity index (χ3n) is 4.99. The van der Waals surface area contributed by atoms with Crippen molar-refractivity contribution in [2.75, 3.05) is 6.61 Å². The molecule has 0 saturated heterocycles. The fraction of sp³-hybridized carbons (Fsp3) is 0.350. The highest BCUT2D eigenvalue weighted by molar-refractivity contribution is 5.90. The molecule has 0 radical (unpaired) electrons. The molecule has 3 aromatic rings. The molecule has 5 heteroatoms. The molecular weight excluding hydrogens is 314 g/mol. The van der Waals surface area contributed by atoms with Crippen LogP contribution < -0.4 is 0 Å². The average Bonchev–Trinajstić information content (AvgIpc) is 3.35. The van der Waals surface area contributed by atoms with Crippen molar-refractivity contribution < 1.29 is 9.53 Å². The number of carbonyl (C=O) groups is 1. The topological polar surface area (TPSA) is 73.7 Å². The van der Waals surface area contributed by atoms with Gasteiger partial charge in [-0.3, -0.25) is 0 Å². The Morgan fingerprint density at radius 3 is 2.16 bits per heavy atom. The predicted octanol–water partition coefficient (Wildman–Crippen LogP) is 4.07. The second kappa shape index (κ2) is 6.67. The van der Waals surface area contributed by atoms with Crippen LogP contribution >= 0.6 is 0 Å². The number of rotatable bonds is 6. The summed E-state index contributed by atoms with van der Waals surface area (Å²) in [4.78, 5) is 22.5. The summed E-state index contributed by atoms with van der Waals surface area (Å²) < 4.78 is 5.25. The van der Waals surface area contributed by atoms with Crippen LogP contribution in [0.2, 0.25) is 0 Å². The monoisotopic (exact) mass is 339 g/mol. The van der Waals surface area contributed by atoms with Crippen LogP contribution in [0.15, 0.2) is 36.7 Å². The minimum absolute atomic E-state index is 0.297. The first-order chi connectivity index (χ1) is 12.0. The number of carbonyl (C=O) groups excluding carboxylic acids is 1. The van der Waals surface area contributed by atoms with Gasteiger partial charge in [0.15, 0.2) is 0 Å². The summed E-state index contributed by atoms with van der Waals surface area (Å²) in [5.74, 6) is -0.297. The molecule has 0 unspecified atom stereocenters. The van der Waals surface area contributed by atoms with Gasteiger partial charge in [0.25, 0.3) is 0 Å². The molecule has 0 atom stereocenters. The van der Waals surface area contributed by atoms with Crippen molar-refractivity contribution >= 4 is 5.97 Å². The molecule has 0 aliphatic carbocycles. The van der Waals surface area contributed by atoms with Crippen LogP contribution in [0.1, 0.15) is 59.5 Å². The van der Waals surface area contributed by atoms with Gasteiger partial charge in [0.1, 0.15) is 5.69 Å². The third kappa shape index (κ3) is 2.69. The largest absolute Gasteiger partial charge is 0.461 e. The van der Waals surface area contributed by atoms with Gasteiger partial charge in [0, 0.05) is 29.5 Å². The van der Waals surface area contributed by atoms with Gasteiger partial charge < -0.3 is 19.7 Å².